The van der Waals surface area contributed by atoms with Crippen molar-refractivity contribution in [1.82, 2.24) is 25.4 Å². The summed E-state index contributed by atoms with van der Waals surface area (Å²) in [7, 11) is 1.99. The topological polar surface area (TPSA) is 70.2 Å². The van der Waals surface area contributed by atoms with E-state index < -0.39 is 0 Å². The van der Waals surface area contributed by atoms with Gasteiger partial charge in [-0.3, -0.25) is 10.2 Å². The van der Waals surface area contributed by atoms with E-state index in [1.54, 1.807) is 0 Å². The number of rotatable bonds is 3. The Hall–Kier alpha value is -2.11. The van der Waals surface area contributed by atoms with Crippen LogP contribution < -0.4 is 5.59 Å². The van der Waals surface area contributed by atoms with E-state index in [-0.39, 0.29) is 0 Å². The lowest BCUT2D eigenvalue weighted by Gasteiger charge is -1.98. The van der Waals surface area contributed by atoms with Gasteiger partial charge in [0.1, 0.15) is 5.82 Å². The minimum absolute atomic E-state index is 0.569. The molecule has 0 unspecified atom stereocenters. The zero-order valence-electron chi connectivity index (χ0n) is 11.4. The first kappa shape index (κ1) is 12.0. The Morgan fingerprint density at radius 2 is 2.05 bits per heavy atom. The third-order valence-electron chi connectivity index (χ3n) is 3.14. The molecule has 0 aliphatic carbocycles. The maximum Gasteiger partial charge on any atom is 0.181 e. The molecule has 1 aromatic carbocycles. The smallest absolute Gasteiger partial charge is 0.181 e. The third-order valence-corrected chi connectivity index (χ3v) is 3.14. The summed E-state index contributed by atoms with van der Waals surface area (Å²) in [6, 6.07) is 6.11. The highest BCUT2D eigenvalue weighted by Gasteiger charge is 2.09. The van der Waals surface area contributed by atoms with E-state index in [0.29, 0.717) is 5.92 Å². The van der Waals surface area contributed by atoms with Crippen molar-refractivity contribution < 1.29 is 0 Å². The number of aromatic nitrogens is 5. The standard InChI is InChI=1S/C13H16BN5/c1-7(2)5-11-15-13(19-17-11)8-3-4-10-9(6-8)12(14)18-16-10/h3-4,6-7H,5,14H2,1-2H3,(H,16,18)(H,15,17,19). The van der Waals surface area contributed by atoms with Crippen molar-refractivity contribution in [3.63, 3.8) is 0 Å². The van der Waals surface area contributed by atoms with Crippen molar-refractivity contribution in [1.29, 1.82) is 0 Å². The number of aromatic amines is 2. The molecule has 0 bridgehead atoms. The summed E-state index contributed by atoms with van der Waals surface area (Å²) in [5, 5.41) is 15.6. The Bertz CT molecular complexity index is 713. The molecule has 96 valence electrons. The van der Waals surface area contributed by atoms with Gasteiger partial charge in [-0.05, 0) is 24.1 Å². The van der Waals surface area contributed by atoms with Gasteiger partial charge in [-0.1, -0.05) is 13.8 Å². The number of H-pyrrole nitrogens is 2. The van der Waals surface area contributed by atoms with E-state index in [0.717, 1.165) is 40.1 Å². The van der Waals surface area contributed by atoms with Crippen molar-refractivity contribution >= 4 is 24.3 Å². The molecule has 3 aromatic rings. The Balaban J connectivity index is 1.99. The van der Waals surface area contributed by atoms with Gasteiger partial charge >= 0.3 is 0 Å². The van der Waals surface area contributed by atoms with Gasteiger partial charge in [0, 0.05) is 23.0 Å². The highest BCUT2D eigenvalue weighted by Crippen LogP contribution is 2.19. The highest BCUT2D eigenvalue weighted by atomic mass is 15.2. The fraction of sp³-hybridized carbons (Fsp3) is 0.308. The quantitative estimate of drug-likeness (QED) is 0.678. The van der Waals surface area contributed by atoms with E-state index in [1.807, 2.05) is 20.0 Å². The average Bonchev–Trinajstić information content (AvgIpc) is 2.96. The van der Waals surface area contributed by atoms with Crippen molar-refractivity contribution in [2.24, 2.45) is 5.92 Å². The number of fused-ring (bicyclic) bond motifs is 1. The zero-order chi connectivity index (χ0) is 13.4. The molecule has 2 aromatic heterocycles. The normalized spacial score (nSPS) is 11.5. The number of benzene rings is 1. The lowest BCUT2D eigenvalue weighted by Crippen LogP contribution is -2.02. The molecule has 0 amide bonds. The predicted molar refractivity (Wildman–Crippen MR) is 78.2 cm³/mol. The minimum atomic E-state index is 0.569. The molecule has 19 heavy (non-hydrogen) atoms. The lowest BCUT2D eigenvalue weighted by atomic mass is 9.99. The molecule has 5 nitrogen and oxygen atoms in total. The van der Waals surface area contributed by atoms with Crippen LogP contribution in [0, 0.1) is 5.92 Å². The molecule has 0 radical (unpaired) electrons. The van der Waals surface area contributed by atoms with Crippen molar-refractivity contribution in [3.05, 3.63) is 24.0 Å². The van der Waals surface area contributed by atoms with E-state index in [2.05, 4.69) is 45.3 Å². The summed E-state index contributed by atoms with van der Waals surface area (Å²) < 4.78 is 0. The summed E-state index contributed by atoms with van der Waals surface area (Å²) in [5.74, 6) is 2.26. The molecule has 0 aliphatic rings. The molecule has 6 heteroatoms. The fourth-order valence-electron chi connectivity index (χ4n) is 2.19. The van der Waals surface area contributed by atoms with Crippen LogP contribution in [0.15, 0.2) is 18.2 Å². The van der Waals surface area contributed by atoms with Crippen LogP contribution in [-0.4, -0.2) is 33.2 Å². The van der Waals surface area contributed by atoms with E-state index >= 15 is 0 Å². The van der Waals surface area contributed by atoms with Gasteiger partial charge in [-0.2, -0.15) is 10.2 Å². The van der Waals surface area contributed by atoms with E-state index in [4.69, 9.17) is 0 Å². The number of nitrogens with one attached hydrogen (secondary N) is 2. The highest BCUT2D eigenvalue weighted by molar-refractivity contribution is 6.37. The monoisotopic (exact) mass is 253 g/mol. The Morgan fingerprint density at radius 3 is 2.84 bits per heavy atom. The Labute approximate surface area is 112 Å². The van der Waals surface area contributed by atoms with E-state index in [9.17, 15) is 0 Å². The molecule has 3 rings (SSSR count). The van der Waals surface area contributed by atoms with Crippen LogP contribution in [0.25, 0.3) is 22.3 Å². The molecule has 0 aliphatic heterocycles. The van der Waals surface area contributed by atoms with Crippen LogP contribution in [-0.2, 0) is 6.42 Å². The Kier molecular flexibility index (Phi) is 2.85. The van der Waals surface area contributed by atoms with Gasteiger partial charge in [0.15, 0.2) is 13.7 Å². The largest absolute Gasteiger partial charge is 0.278 e. The maximum atomic E-state index is 4.54. The van der Waals surface area contributed by atoms with Gasteiger partial charge in [0.25, 0.3) is 0 Å². The number of hydrogen-bond donors (Lipinski definition) is 2. The Morgan fingerprint density at radius 1 is 1.21 bits per heavy atom. The number of hydrogen-bond acceptors (Lipinski definition) is 3. The first-order chi connectivity index (χ1) is 9.13. The summed E-state index contributed by atoms with van der Waals surface area (Å²) in [6.45, 7) is 4.34. The number of nitrogens with zero attached hydrogens (tertiary/aromatic N) is 3. The zero-order valence-corrected chi connectivity index (χ0v) is 11.4. The SMILES string of the molecule is Bc1n[nH]c2ccc(-c3n[nH]c(CC(C)C)n3)cc12. The second-order valence-corrected chi connectivity index (χ2v) is 5.27. The third kappa shape index (κ3) is 2.25. The van der Waals surface area contributed by atoms with Crippen molar-refractivity contribution in [2.45, 2.75) is 20.3 Å². The molecule has 0 fully saturated rings. The second-order valence-electron chi connectivity index (χ2n) is 5.27. The van der Waals surface area contributed by atoms with Gasteiger partial charge in [0.2, 0.25) is 0 Å². The molecular weight excluding hydrogens is 237 g/mol. The van der Waals surface area contributed by atoms with Crippen LogP contribution in [0.1, 0.15) is 19.7 Å². The van der Waals surface area contributed by atoms with Crippen LogP contribution in [0.5, 0.6) is 0 Å². The van der Waals surface area contributed by atoms with Gasteiger partial charge in [-0.25, -0.2) is 4.98 Å². The van der Waals surface area contributed by atoms with Gasteiger partial charge in [-0.15, -0.1) is 0 Å². The first-order valence-electron chi connectivity index (χ1n) is 6.50. The van der Waals surface area contributed by atoms with Crippen molar-refractivity contribution in [3.8, 4) is 11.4 Å². The van der Waals surface area contributed by atoms with E-state index in [1.165, 1.54) is 0 Å². The molecule has 2 N–H and O–H groups in total. The molecule has 2 heterocycles. The maximum absolute atomic E-state index is 4.54. The van der Waals surface area contributed by atoms with Crippen LogP contribution in [0.4, 0.5) is 0 Å². The van der Waals surface area contributed by atoms with Crippen LogP contribution in [0.3, 0.4) is 0 Å². The molecule has 0 spiro atoms. The molecule has 0 saturated heterocycles. The predicted octanol–water partition coefficient (Wildman–Crippen LogP) is 0.805. The average molecular weight is 253 g/mol. The summed E-state index contributed by atoms with van der Waals surface area (Å²) in [5.41, 5.74) is 3.05. The molecule has 0 atom stereocenters. The summed E-state index contributed by atoms with van der Waals surface area (Å²) in [4.78, 5) is 4.54. The van der Waals surface area contributed by atoms with Crippen LogP contribution >= 0.6 is 0 Å². The van der Waals surface area contributed by atoms with Gasteiger partial charge < -0.3 is 0 Å². The summed E-state index contributed by atoms with van der Waals surface area (Å²) in [6.07, 6.45) is 0.917. The van der Waals surface area contributed by atoms with Gasteiger partial charge in [0.05, 0.1) is 5.52 Å². The minimum Gasteiger partial charge on any atom is -0.278 e. The lowest BCUT2D eigenvalue weighted by molar-refractivity contribution is 0.622. The molecular formula is C13H16BN5. The first-order valence-corrected chi connectivity index (χ1v) is 6.50. The second kappa shape index (κ2) is 4.53. The van der Waals surface area contributed by atoms with Crippen molar-refractivity contribution in [2.75, 3.05) is 0 Å². The molecule has 0 saturated carbocycles. The summed E-state index contributed by atoms with van der Waals surface area (Å²) >= 11 is 0. The van der Waals surface area contributed by atoms with Crippen LogP contribution in [0.2, 0.25) is 0 Å². The fourth-order valence-corrected chi connectivity index (χ4v) is 2.19.